The minimum absolute atomic E-state index is 0.122. The van der Waals surface area contributed by atoms with Gasteiger partial charge in [-0.2, -0.15) is 0 Å². The van der Waals surface area contributed by atoms with Gasteiger partial charge in [0.2, 0.25) is 5.91 Å². The van der Waals surface area contributed by atoms with Gasteiger partial charge in [-0.15, -0.1) is 10.2 Å². The number of imidazole rings is 1. The maximum atomic E-state index is 12.6. The number of aryl methyl sites for hydroxylation is 2. The molecule has 0 unspecified atom stereocenters. The highest BCUT2D eigenvalue weighted by Crippen LogP contribution is 2.22. The molecule has 0 saturated heterocycles. The van der Waals surface area contributed by atoms with Crippen LogP contribution in [0.2, 0.25) is 0 Å². The van der Waals surface area contributed by atoms with Crippen LogP contribution in [0.1, 0.15) is 36.1 Å². The molecule has 2 heterocycles. The summed E-state index contributed by atoms with van der Waals surface area (Å²) in [5.74, 6) is 0.363. The molecule has 1 atom stereocenters. The maximum absolute atomic E-state index is 12.6. The van der Waals surface area contributed by atoms with Gasteiger partial charge in [0.1, 0.15) is 0 Å². The molecule has 2 amide bonds. The molecule has 2 aromatic heterocycles. The summed E-state index contributed by atoms with van der Waals surface area (Å²) in [6, 6.07) is 14.0. The summed E-state index contributed by atoms with van der Waals surface area (Å²) in [6.45, 7) is 4.41. The molecule has 4 rings (SSSR count). The number of aromatic nitrogens is 5. The fourth-order valence-corrected chi connectivity index (χ4v) is 4.68. The maximum Gasteiger partial charge on any atom is 0.328 e. The summed E-state index contributed by atoms with van der Waals surface area (Å²) < 4.78 is 5.00. The number of fused-ring (bicyclic) bond motifs is 1. The summed E-state index contributed by atoms with van der Waals surface area (Å²) in [4.78, 5) is 37.2. The van der Waals surface area contributed by atoms with E-state index in [-0.39, 0.29) is 29.3 Å². The second-order valence-corrected chi connectivity index (χ2v) is 9.03. The van der Waals surface area contributed by atoms with Gasteiger partial charge in [-0.3, -0.25) is 18.7 Å². The van der Waals surface area contributed by atoms with Gasteiger partial charge < -0.3 is 15.2 Å². The normalized spacial score (nSPS) is 12.0. The molecule has 0 bridgehead atoms. The molecular weight excluding hydrogens is 466 g/mol. The van der Waals surface area contributed by atoms with E-state index in [1.54, 1.807) is 47.5 Å². The van der Waals surface area contributed by atoms with E-state index in [1.807, 2.05) is 42.7 Å². The number of amides is 2. The van der Waals surface area contributed by atoms with Gasteiger partial charge in [-0.05, 0) is 44.2 Å². The number of nitrogens with one attached hydrogen (secondary N) is 2. The topological polar surface area (TPSA) is 116 Å². The molecule has 0 aliphatic heterocycles. The lowest BCUT2D eigenvalue weighted by Gasteiger charge is -2.15. The van der Waals surface area contributed by atoms with Crippen LogP contribution in [-0.2, 0) is 25.4 Å². The lowest BCUT2D eigenvalue weighted by Crippen LogP contribution is -2.28. The van der Waals surface area contributed by atoms with Crippen LogP contribution >= 0.6 is 11.8 Å². The molecule has 4 aromatic rings. The quantitative estimate of drug-likeness (QED) is 0.365. The van der Waals surface area contributed by atoms with Crippen LogP contribution < -0.4 is 16.3 Å². The number of benzene rings is 2. The van der Waals surface area contributed by atoms with Crippen molar-refractivity contribution >= 4 is 40.3 Å². The number of rotatable bonds is 8. The van der Waals surface area contributed by atoms with Crippen LogP contribution in [0, 0.1) is 0 Å². The summed E-state index contributed by atoms with van der Waals surface area (Å²) in [6.07, 6.45) is 0. The van der Waals surface area contributed by atoms with Crippen LogP contribution in [0.25, 0.3) is 11.0 Å². The predicted molar refractivity (Wildman–Crippen MR) is 136 cm³/mol. The first-order chi connectivity index (χ1) is 16.8. The van der Waals surface area contributed by atoms with Gasteiger partial charge in [0.05, 0.1) is 22.8 Å². The standard InChI is InChI=1S/C24H27N7O3S/c1-5-31-21(15(2)25-22(33)16-9-7-6-8-10-16)27-28-23(31)35-14-20(32)26-17-11-12-18-19(13-17)30(4)24(34)29(18)3/h6-13,15H,5,14H2,1-4H3,(H,25,33)(H,26,32)/t15-/m0/s1. The van der Waals surface area contributed by atoms with E-state index in [0.29, 0.717) is 28.8 Å². The molecule has 0 spiro atoms. The van der Waals surface area contributed by atoms with E-state index in [4.69, 9.17) is 0 Å². The largest absolute Gasteiger partial charge is 0.342 e. The predicted octanol–water partition coefficient (Wildman–Crippen LogP) is 2.71. The Labute approximate surface area is 206 Å². The van der Waals surface area contributed by atoms with Crippen molar-refractivity contribution in [3.8, 4) is 0 Å². The number of hydrogen-bond acceptors (Lipinski definition) is 6. The third-order valence-corrected chi connectivity index (χ3v) is 6.69. The summed E-state index contributed by atoms with van der Waals surface area (Å²) in [5, 5.41) is 14.9. The first-order valence-electron chi connectivity index (χ1n) is 11.2. The Morgan fingerprint density at radius 3 is 2.46 bits per heavy atom. The lowest BCUT2D eigenvalue weighted by atomic mass is 10.2. The van der Waals surface area contributed by atoms with Crippen LogP contribution in [0.5, 0.6) is 0 Å². The van der Waals surface area contributed by atoms with Crippen molar-refractivity contribution in [3.63, 3.8) is 0 Å². The number of carbonyl (C=O) groups excluding carboxylic acids is 2. The van der Waals surface area contributed by atoms with Gasteiger partial charge in [-0.25, -0.2) is 4.79 Å². The van der Waals surface area contributed by atoms with Crippen molar-refractivity contribution in [2.75, 3.05) is 11.1 Å². The highest BCUT2D eigenvalue weighted by molar-refractivity contribution is 7.99. The van der Waals surface area contributed by atoms with E-state index in [0.717, 1.165) is 11.0 Å². The lowest BCUT2D eigenvalue weighted by molar-refractivity contribution is -0.113. The molecule has 0 saturated carbocycles. The van der Waals surface area contributed by atoms with Crippen LogP contribution in [0.15, 0.2) is 58.5 Å². The Morgan fingerprint density at radius 1 is 1.03 bits per heavy atom. The Hall–Kier alpha value is -3.86. The Morgan fingerprint density at radius 2 is 1.74 bits per heavy atom. The van der Waals surface area contributed by atoms with E-state index in [9.17, 15) is 14.4 Å². The number of carbonyl (C=O) groups is 2. The zero-order valence-corrected chi connectivity index (χ0v) is 20.8. The third kappa shape index (κ3) is 4.99. The molecular formula is C24H27N7O3S. The summed E-state index contributed by atoms with van der Waals surface area (Å²) >= 11 is 1.27. The zero-order valence-electron chi connectivity index (χ0n) is 20.0. The van der Waals surface area contributed by atoms with Gasteiger partial charge >= 0.3 is 5.69 Å². The highest BCUT2D eigenvalue weighted by Gasteiger charge is 2.20. The molecule has 35 heavy (non-hydrogen) atoms. The molecule has 11 heteroatoms. The van der Waals surface area contributed by atoms with Crippen molar-refractivity contribution < 1.29 is 9.59 Å². The fourth-order valence-electron chi connectivity index (χ4n) is 3.87. The molecule has 0 radical (unpaired) electrons. The van der Waals surface area contributed by atoms with Crippen LogP contribution in [0.4, 0.5) is 5.69 Å². The Balaban J connectivity index is 1.40. The van der Waals surface area contributed by atoms with Crippen LogP contribution in [-0.4, -0.2) is 41.5 Å². The average molecular weight is 494 g/mol. The molecule has 0 aliphatic rings. The second kappa shape index (κ2) is 10.2. The van der Waals surface area contributed by atoms with Crippen molar-refractivity contribution in [1.29, 1.82) is 0 Å². The first kappa shape index (κ1) is 24.3. The van der Waals surface area contributed by atoms with E-state index < -0.39 is 0 Å². The molecule has 2 N–H and O–H groups in total. The van der Waals surface area contributed by atoms with E-state index in [2.05, 4.69) is 20.8 Å². The zero-order chi connectivity index (χ0) is 25.1. The monoisotopic (exact) mass is 493 g/mol. The van der Waals surface area contributed by atoms with Crippen molar-refractivity contribution in [1.82, 2.24) is 29.2 Å². The molecule has 182 valence electrons. The average Bonchev–Trinajstić information content (AvgIpc) is 3.37. The smallest absolute Gasteiger partial charge is 0.328 e. The third-order valence-electron chi connectivity index (χ3n) is 5.72. The summed E-state index contributed by atoms with van der Waals surface area (Å²) in [7, 11) is 3.41. The van der Waals surface area contributed by atoms with Gasteiger partial charge in [0.25, 0.3) is 5.91 Å². The van der Waals surface area contributed by atoms with Crippen molar-refractivity contribution in [2.45, 2.75) is 31.6 Å². The minimum Gasteiger partial charge on any atom is -0.342 e. The van der Waals surface area contributed by atoms with E-state index >= 15 is 0 Å². The number of anilines is 1. The van der Waals surface area contributed by atoms with Crippen molar-refractivity contribution in [3.05, 3.63) is 70.4 Å². The Kier molecular flexibility index (Phi) is 7.06. The highest BCUT2D eigenvalue weighted by atomic mass is 32.2. The van der Waals surface area contributed by atoms with E-state index in [1.165, 1.54) is 11.8 Å². The Bertz CT molecular complexity index is 1440. The molecule has 0 fully saturated rings. The van der Waals surface area contributed by atoms with Gasteiger partial charge in [0.15, 0.2) is 11.0 Å². The SMILES string of the molecule is CCn1c(SCC(=O)Nc2ccc3c(c2)n(C)c(=O)n3C)nnc1[C@H](C)NC(=O)c1ccccc1. The first-order valence-corrected chi connectivity index (χ1v) is 12.2. The molecule has 0 aliphatic carbocycles. The van der Waals surface area contributed by atoms with Crippen molar-refractivity contribution in [2.24, 2.45) is 14.1 Å². The van der Waals surface area contributed by atoms with Gasteiger partial charge in [-0.1, -0.05) is 30.0 Å². The number of thioether (sulfide) groups is 1. The number of hydrogen-bond donors (Lipinski definition) is 2. The minimum atomic E-state index is -0.359. The molecule has 10 nitrogen and oxygen atoms in total. The fraction of sp³-hybridized carbons (Fsp3) is 0.292. The second-order valence-electron chi connectivity index (χ2n) is 8.09. The number of nitrogens with zero attached hydrogens (tertiary/aromatic N) is 5. The van der Waals surface area contributed by atoms with Gasteiger partial charge in [0, 0.05) is 31.9 Å². The summed E-state index contributed by atoms with van der Waals surface area (Å²) in [5.41, 5.74) is 2.59. The molecule has 2 aromatic carbocycles. The van der Waals surface area contributed by atoms with Crippen LogP contribution in [0.3, 0.4) is 0 Å².